The first-order chi connectivity index (χ1) is 16.7. The molecule has 2 aromatic carbocycles. The van der Waals surface area contributed by atoms with Gasteiger partial charge in [0.05, 0.1) is 12.0 Å². The van der Waals surface area contributed by atoms with Crippen molar-refractivity contribution in [1.82, 2.24) is 9.47 Å². The van der Waals surface area contributed by atoms with Crippen LogP contribution < -0.4 is 10.1 Å². The molecule has 0 aliphatic carbocycles. The van der Waals surface area contributed by atoms with Crippen molar-refractivity contribution in [2.24, 2.45) is 0 Å². The summed E-state index contributed by atoms with van der Waals surface area (Å²) in [7, 11) is 1.62. The molecule has 7 nitrogen and oxygen atoms in total. The predicted octanol–water partition coefficient (Wildman–Crippen LogP) is 5.39. The molecule has 35 heavy (non-hydrogen) atoms. The maximum absolute atomic E-state index is 13.0. The Kier molecular flexibility index (Phi) is 6.84. The summed E-state index contributed by atoms with van der Waals surface area (Å²) in [6, 6.07) is 15.3. The van der Waals surface area contributed by atoms with Gasteiger partial charge < -0.3 is 14.6 Å². The molecule has 3 amide bonds. The number of thioether (sulfide) groups is 1. The van der Waals surface area contributed by atoms with Gasteiger partial charge in [-0.2, -0.15) is 0 Å². The number of ether oxygens (including phenoxy) is 1. The molecule has 0 bridgehead atoms. The Morgan fingerprint density at radius 1 is 1.00 bits per heavy atom. The van der Waals surface area contributed by atoms with Gasteiger partial charge in [0, 0.05) is 22.8 Å². The lowest BCUT2D eigenvalue weighted by molar-refractivity contribution is -0.127. The molecule has 1 aromatic heterocycles. The number of methoxy groups -OCH3 is 1. The number of imide groups is 1. The summed E-state index contributed by atoms with van der Waals surface area (Å²) in [5, 5.41) is 2.30. The fraction of sp³-hybridized carbons (Fsp3) is 0.222. The van der Waals surface area contributed by atoms with Crippen LogP contribution in [-0.4, -0.2) is 40.2 Å². The minimum atomic E-state index is -0.468. The number of anilines is 1. The average molecular weight is 490 g/mol. The normalized spacial score (nSPS) is 14.7. The van der Waals surface area contributed by atoms with Crippen molar-refractivity contribution >= 4 is 40.6 Å². The Labute approximate surface area is 208 Å². The third-order valence-electron chi connectivity index (χ3n) is 6.05. The summed E-state index contributed by atoms with van der Waals surface area (Å²) >= 11 is 0.847. The molecule has 2 heterocycles. The second-order valence-electron chi connectivity index (χ2n) is 8.47. The minimum Gasteiger partial charge on any atom is -0.497 e. The van der Waals surface area contributed by atoms with Gasteiger partial charge in [0.1, 0.15) is 12.3 Å². The maximum atomic E-state index is 13.0. The zero-order valence-electron chi connectivity index (χ0n) is 20.3. The lowest BCUT2D eigenvalue weighted by Crippen LogP contribution is -2.36. The van der Waals surface area contributed by atoms with E-state index in [2.05, 4.69) is 9.88 Å². The molecule has 1 aliphatic rings. The zero-order chi connectivity index (χ0) is 25.3. The van der Waals surface area contributed by atoms with E-state index in [-0.39, 0.29) is 6.54 Å². The number of amides is 3. The van der Waals surface area contributed by atoms with Crippen molar-refractivity contribution < 1.29 is 19.1 Å². The summed E-state index contributed by atoms with van der Waals surface area (Å²) < 4.78 is 7.31. The molecule has 1 fully saturated rings. The fourth-order valence-corrected chi connectivity index (χ4v) is 4.83. The SMILES string of the molecule is COc1ccc(-n2c(C)cc(/C=C3\SC(=O)N(CC(=O)Nc4ccc(C)c(C)c4)C3=O)c2C)cc1. The van der Waals surface area contributed by atoms with Gasteiger partial charge in [-0.15, -0.1) is 0 Å². The van der Waals surface area contributed by atoms with Crippen LogP contribution in [0.5, 0.6) is 5.75 Å². The van der Waals surface area contributed by atoms with E-state index in [9.17, 15) is 14.4 Å². The Morgan fingerprint density at radius 3 is 2.37 bits per heavy atom. The van der Waals surface area contributed by atoms with E-state index < -0.39 is 17.1 Å². The molecule has 1 aliphatic heterocycles. The number of aromatic nitrogens is 1. The summed E-state index contributed by atoms with van der Waals surface area (Å²) in [5.41, 5.74) is 6.53. The molecule has 0 spiro atoms. The number of hydrogen-bond acceptors (Lipinski definition) is 5. The van der Waals surface area contributed by atoms with E-state index in [0.29, 0.717) is 10.6 Å². The molecule has 3 aromatic rings. The molecular weight excluding hydrogens is 462 g/mol. The molecule has 1 N–H and O–H groups in total. The number of aryl methyl sites for hydroxylation is 3. The maximum Gasteiger partial charge on any atom is 0.294 e. The van der Waals surface area contributed by atoms with E-state index in [0.717, 1.165) is 56.2 Å². The van der Waals surface area contributed by atoms with Crippen LogP contribution in [0.3, 0.4) is 0 Å². The van der Waals surface area contributed by atoms with E-state index in [4.69, 9.17) is 4.74 Å². The quantitative estimate of drug-likeness (QED) is 0.469. The van der Waals surface area contributed by atoms with Gasteiger partial charge in [-0.25, -0.2) is 0 Å². The molecule has 0 radical (unpaired) electrons. The summed E-state index contributed by atoms with van der Waals surface area (Å²) in [4.78, 5) is 39.3. The van der Waals surface area contributed by atoms with E-state index in [1.165, 1.54) is 0 Å². The van der Waals surface area contributed by atoms with E-state index in [1.54, 1.807) is 19.3 Å². The highest BCUT2D eigenvalue weighted by molar-refractivity contribution is 8.18. The first-order valence-electron chi connectivity index (χ1n) is 11.1. The van der Waals surface area contributed by atoms with Gasteiger partial charge in [-0.05, 0) is 105 Å². The highest BCUT2D eigenvalue weighted by atomic mass is 32.2. The van der Waals surface area contributed by atoms with Crippen molar-refractivity contribution in [1.29, 1.82) is 0 Å². The Hall–Kier alpha value is -3.78. The number of benzene rings is 2. The standard InChI is InChI=1S/C27H27N3O4S/c1-16-6-7-21(12-17(16)2)28-25(31)15-29-26(32)24(35-27(29)33)14-20-13-18(3)30(19(20)4)22-8-10-23(34-5)11-9-22/h6-14H,15H2,1-5H3,(H,28,31)/b24-14-. The van der Waals surface area contributed by atoms with Crippen LogP contribution in [0.25, 0.3) is 11.8 Å². The third-order valence-corrected chi connectivity index (χ3v) is 6.96. The highest BCUT2D eigenvalue weighted by Crippen LogP contribution is 2.34. The number of carbonyl (C=O) groups excluding carboxylic acids is 3. The topological polar surface area (TPSA) is 80.6 Å². The highest BCUT2D eigenvalue weighted by Gasteiger charge is 2.36. The monoisotopic (exact) mass is 489 g/mol. The zero-order valence-corrected chi connectivity index (χ0v) is 21.2. The summed E-state index contributed by atoms with van der Waals surface area (Å²) in [5.74, 6) is -0.120. The Balaban J connectivity index is 1.51. The Morgan fingerprint density at radius 2 is 1.71 bits per heavy atom. The third kappa shape index (κ3) is 5.02. The number of rotatable bonds is 6. The minimum absolute atomic E-state index is 0.295. The van der Waals surface area contributed by atoms with Crippen LogP contribution in [-0.2, 0) is 9.59 Å². The molecule has 0 saturated carbocycles. The van der Waals surface area contributed by atoms with Gasteiger partial charge in [-0.1, -0.05) is 6.07 Å². The molecule has 4 rings (SSSR count). The smallest absolute Gasteiger partial charge is 0.294 e. The van der Waals surface area contributed by atoms with Crippen LogP contribution in [0.2, 0.25) is 0 Å². The van der Waals surface area contributed by atoms with Crippen molar-refractivity contribution in [3.63, 3.8) is 0 Å². The van der Waals surface area contributed by atoms with Gasteiger partial charge in [0.15, 0.2) is 0 Å². The Bertz CT molecular complexity index is 1360. The summed E-state index contributed by atoms with van der Waals surface area (Å²) in [6.07, 6.45) is 1.72. The summed E-state index contributed by atoms with van der Waals surface area (Å²) in [6.45, 7) is 7.56. The largest absolute Gasteiger partial charge is 0.497 e. The second kappa shape index (κ2) is 9.84. The molecule has 8 heteroatoms. The predicted molar refractivity (Wildman–Crippen MR) is 139 cm³/mol. The van der Waals surface area contributed by atoms with Crippen LogP contribution in [0.1, 0.15) is 28.1 Å². The average Bonchev–Trinajstić information content (AvgIpc) is 3.25. The van der Waals surface area contributed by atoms with Crippen LogP contribution in [0, 0.1) is 27.7 Å². The first kappa shape index (κ1) is 24.3. The molecule has 0 atom stereocenters. The van der Waals surface area contributed by atoms with E-state index in [1.807, 2.05) is 70.2 Å². The van der Waals surface area contributed by atoms with E-state index >= 15 is 0 Å². The molecule has 180 valence electrons. The first-order valence-corrected chi connectivity index (χ1v) is 12.0. The lowest BCUT2D eigenvalue weighted by Gasteiger charge is -2.13. The van der Waals surface area contributed by atoms with Crippen molar-refractivity contribution in [2.75, 3.05) is 19.0 Å². The van der Waals surface area contributed by atoms with Gasteiger partial charge in [0.25, 0.3) is 11.1 Å². The molecular formula is C27H27N3O4S. The van der Waals surface area contributed by atoms with Crippen molar-refractivity contribution in [2.45, 2.75) is 27.7 Å². The number of nitrogens with one attached hydrogen (secondary N) is 1. The lowest BCUT2D eigenvalue weighted by atomic mass is 10.1. The van der Waals surface area contributed by atoms with Crippen LogP contribution in [0.4, 0.5) is 10.5 Å². The van der Waals surface area contributed by atoms with Crippen molar-refractivity contribution in [3.8, 4) is 11.4 Å². The number of carbonyl (C=O) groups is 3. The number of nitrogens with zero attached hydrogens (tertiary/aromatic N) is 2. The van der Waals surface area contributed by atoms with Gasteiger partial charge >= 0.3 is 0 Å². The fourth-order valence-electron chi connectivity index (χ4n) is 4.00. The van der Waals surface area contributed by atoms with Crippen LogP contribution in [0.15, 0.2) is 53.4 Å². The van der Waals surface area contributed by atoms with Gasteiger partial charge in [0.2, 0.25) is 5.91 Å². The van der Waals surface area contributed by atoms with Gasteiger partial charge in [-0.3, -0.25) is 19.3 Å². The molecule has 0 unspecified atom stereocenters. The number of hydrogen-bond donors (Lipinski definition) is 1. The molecule has 1 saturated heterocycles. The van der Waals surface area contributed by atoms with Crippen molar-refractivity contribution in [3.05, 3.63) is 81.5 Å². The second-order valence-corrected chi connectivity index (χ2v) is 9.47. The van der Waals surface area contributed by atoms with Crippen LogP contribution >= 0.6 is 11.8 Å².